The Labute approximate surface area is 103 Å². The second-order valence-corrected chi connectivity index (χ2v) is 4.11. The largest absolute Gasteiger partial charge is 0.496 e. The number of methoxy groups -OCH3 is 1. The molecule has 1 rings (SSSR count). The number of carbonyl (C=O) groups excluding carboxylic acids is 1. The van der Waals surface area contributed by atoms with E-state index in [0.29, 0.717) is 17.7 Å². The SMILES string of the molecule is C=C[C@@H](CCC)CC(=O)c1ccccc1OC. The van der Waals surface area contributed by atoms with Gasteiger partial charge in [0.25, 0.3) is 0 Å². The Bertz CT molecular complexity index is 382. The van der Waals surface area contributed by atoms with Crippen molar-refractivity contribution in [3.8, 4) is 5.75 Å². The molecular weight excluding hydrogens is 212 g/mol. The molecule has 1 atom stereocenters. The summed E-state index contributed by atoms with van der Waals surface area (Å²) in [5, 5.41) is 0. The van der Waals surface area contributed by atoms with Gasteiger partial charge in [-0.2, -0.15) is 0 Å². The molecule has 0 aromatic heterocycles. The standard InChI is InChI=1S/C15H20O2/c1-4-8-12(5-2)11-14(16)13-9-6-7-10-15(13)17-3/h5-7,9-10,12H,2,4,8,11H2,1,3H3/t12-/m0/s1. The molecule has 0 spiro atoms. The van der Waals surface area contributed by atoms with E-state index in [2.05, 4.69) is 13.5 Å². The highest BCUT2D eigenvalue weighted by atomic mass is 16.5. The van der Waals surface area contributed by atoms with Gasteiger partial charge >= 0.3 is 0 Å². The Morgan fingerprint density at radius 2 is 2.18 bits per heavy atom. The van der Waals surface area contributed by atoms with E-state index in [1.165, 1.54) is 0 Å². The summed E-state index contributed by atoms with van der Waals surface area (Å²) >= 11 is 0. The molecule has 1 aromatic carbocycles. The summed E-state index contributed by atoms with van der Waals surface area (Å²) < 4.78 is 5.19. The average molecular weight is 232 g/mol. The third kappa shape index (κ3) is 3.74. The van der Waals surface area contributed by atoms with E-state index < -0.39 is 0 Å². The van der Waals surface area contributed by atoms with Crippen LogP contribution in [0.4, 0.5) is 0 Å². The lowest BCUT2D eigenvalue weighted by molar-refractivity contribution is 0.0964. The van der Waals surface area contributed by atoms with Gasteiger partial charge in [0.1, 0.15) is 5.75 Å². The van der Waals surface area contributed by atoms with E-state index in [9.17, 15) is 4.79 Å². The molecule has 0 amide bonds. The smallest absolute Gasteiger partial charge is 0.167 e. The van der Waals surface area contributed by atoms with Gasteiger partial charge in [0.05, 0.1) is 12.7 Å². The highest BCUT2D eigenvalue weighted by molar-refractivity contribution is 5.98. The van der Waals surface area contributed by atoms with E-state index >= 15 is 0 Å². The fourth-order valence-corrected chi connectivity index (χ4v) is 1.90. The zero-order valence-electron chi connectivity index (χ0n) is 10.6. The minimum Gasteiger partial charge on any atom is -0.496 e. The summed E-state index contributed by atoms with van der Waals surface area (Å²) in [7, 11) is 1.59. The van der Waals surface area contributed by atoms with Gasteiger partial charge in [-0.25, -0.2) is 0 Å². The lowest BCUT2D eigenvalue weighted by Gasteiger charge is -2.12. The van der Waals surface area contributed by atoms with Crippen LogP contribution in [0.3, 0.4) is 0 Å². The number of allylic oxidation sites excluding steroid dienone is 1. The van der Waals surface area contributed by atoms with Crippen molar-refractivity contribution in [3.63, 3.8) is 0 Å². The minimum absolute atomic E-state index is 0.126. The first kappa shape index (κ1) is 13.5. The molecule has 2 nitrogen and oxygen atoms in total. The van der Waals surface area contributed by atoms with Crippen LogP contribution in [0.15, 0.2) is 36.9 Å². The summed E-state index contributed by atoms with van der Waals surface area (Å²) in [5.74, 6) is 1.04. The molecule has 0 saturated carbocycles. The van der Waals surface area contributed by atoms with E-state index in [1.54, 1.807) is 7.11 Å². The van der Waals surface area contributed by atoms with Gasteiger partial charge < -0.3 is 4.74 Å². The van der Waals surface area contributed by atoms with Crippen molar-refractivity contribution in [2.24, 2.45) is 5.92 Å². The quantitative estimate of drug-likeness (QED) is 0.527. The highest BCUT2D eigenvalue weighted by Crippen LogP contribution is 2.22. The second-order valence-electron chi connectivity index (χ2n) is 4.11. The lowest BCUT2D eigenvalue weighted by atomic mass is 9.94. The van der Waals surface area contributed by atoms with Crippen molar-refractivity contribution >= 4 is 5.78 Å². The number of carbonyl (C=O) groups is 1. The van der Waals surface area contributed by atoms with Gasteiger partial charge in [0, 0.05) is 6.42 Å². The fraction of sp³-hybridized carbons (Fsp3) is 0.400. The van der Waals surface area contributed by atoms with Crippen LogP contribution in [0.1, 0.15) is 36.5 Å². The van der Waals surface area contributed by atoms with E-state index in [0.717, 1.165) is 12.8 Å². The summed E-state index contributed by atoms with van der Waals surface area (Å²) in [5.41, 5.74) is 0.665. The molecule has 0 radical (unpaired) electrons. The van der Waals surface area contributed by atoms with Crippen molar-refractivity contribution in [1.29, 1.82) is 0 Å². The number of para-hydroxylation sites is 1. The topological polar surface area (TPSA) is 26.3 Å². The van der Waals surface area contributed by atoms with Gasteiger partial charge in [-0.3, -0.25) is 4.79 Å². The summed E-state index contributed by atoms with van der Waals surface area (Å²) in [6.07, 6.45) is 4.45. The van der Waals surface area contributed by atoms with Crippen LogP contribution >= 0.6 is 0 Å². The zero-order valence-corrected chi connectivity index (χ0v) is 10.6. The Balaban J connectivity index is 2.78. The van der Waals surface area contributed by atoms with E-state index in [4.69, 9.17) is 4.74 Å². The van der Waals surface area contributed by atoms with Crippen LogP contribution in [0.2, 0.25) is 0 Å². The zero-order chi connectivity index (χ0) is 12.7. The summed E-state index contributed by atoms with van der Waals surface area (Å²) in [6.45, 7) is 5.90. The van der Waals surface area contributed by atoms with Crippen LogP contribution < -0.4 is 4.74 Å². The highest BCUT2D eigenvalue weighted by Gasteiger charge is 2.15. The maximum Gasteiger partial charge on any atom is 0.167 e. The number of ketones is 1. The van der Waals surface area contributed by atoms with Gasteiger partial charge in [-0.15, -0.1) is 6.58 Å². The third-order valence-electron chi connectivity index (χ3n) is 2.85. The van der Waals surface area contributed by atoms with Crippen molar-refractivity contribution in [1.82, 2.24) is 0 Å². The molecule has 17 heavy (non-hydrogen) atoms. The van der Waals surface area contributed by atoms with Crippen LogP contribution in [-0.2, 0) is 0 Å². The first-order valence-electron chi connectivity index (χ1n) is 6.01. The molecule has 0 aliphatic rings. The van der Waals surface area contributed by atoms with Crippen LogP contribution in [-0.4, -0.2) is 12.9 Å². The Morgan fingerprint density at radius 3 is 2.76 bits per heavy atom. The Morgan fingerprint density at radius 1 is 1.47 bits per heavy atom. The average Bonchev–Trinajstić information content (AvgIpc) is 2.38. The van der Waals surface area contributed by atoms with E-state index in [1.807, 2.05) is 30.3 Å². The van der Waals surface area contributed by atoms with Crippen molar-refractivity contribution < 1.29 is 9.53 Å². The first-order chi connectivity index (χ1) is 8.22. The molecule has 0 saturated heterocycles. The third-order valence-corrected chi connectivity index (χ3v) is 2.85. The van der Waals surface area contributed by atoms with Gasteiger partial charge in [-0.1, -0.05) is 31.6 Å². The van der Waals surface area contributed by atoms with Crippen LogP contribution in [0.25, 0.3) is 0 Å². The van der Waals surface area contributed by atoms with Gasteiger partial charge in [-0.05, 0) is 24.5 Å². The normalized spacial score (nSPS) is 11.9. The number of ether oxygens (including phenoxy) is 1. The maximum atomic E-state index is 12.1. The Kier molecular flexibility index (Phi) is 5.47. The molecule has 0 unspecified atom stereocenters. The molecule has 0 aliphatic heterocycles. The van der Waals surface area contributed by atoms with Crippen LogP contribution in [0.5, 0.6) is 5.75 Å². The summed E-state index contributed by atoms with van der Waals surface area (Å²) in [6, 6.07) is 7.36. The first-order valence-corrected chi connectivity index (χ1v) is 6.01. The van der Waals surface area contributed by atoms with E-state index in [-0.39, 0.29) is 11.7 Å². The number of rotatable bonds is 7. The number of benzene rings is 1. The molecule has 92 valence electrons. The number of hydrogen-bond donors (Lipinski definition) is 0. The van der Waals surface area contributed by atoms with Gasteiger partial charge in [0.2, 0.25) is 0 Å². The van der Waals surface area contributed by atoms with Crippen molar-refractivity contribution in [2.75, 3.05) is 7.11 Å². The monoisotopic (exact) mass is 232 g/mol. The molecule has 0 heterocycles. The van der Waals surface area contributed by atoms with Crippen molar-refractivity contribution in [2.45, 2.75) is 26.2 Å². The van der Waals surface area contributed by atoms with Crippen LogP contribution in [0, 0.1) is 5.92 Å². The number of hydrogen-bond acceptors (Lipinski definition) is 2. The lowest BCUT2D eigenvalue weighted by Crippen LogP contribution is -2.08. The summed E-state index contributed by atoms with van der Waals surface area (Å²) in [4.78, 5) is 12.1. The predicted octanol–water partition coefficient (Wildman–Crippen LogP) is 3.87. The minimum atomic E-state index is 0.126. The predicted molar refractivity (Wildman–Crippen MR) is 70.5 cm³/mol. The second kappa shape index (κ2) is 6.89. The molecular formula is C15H20O2. The molecule has 0 bridgehead atoms. The molecule has 0 fully saturated rings. The maximum absolute atomic E-state index is 12.1. The molecule has 2 heteroatoms. The number of Topliss-reactive ketones (excluding diaryl/α,β-unsaturated/α-hetero) is 1. The molecule has 0 aliphatic carbocycles. The van der Waals surface area contributed by atoms with Crippen molar-refractivity contribution in [3.05, 3.63) is 42.5 Å². The van der Waals surface area contributed by atoms with Gasteiger partial charge in [0.15, 0.2) is 5.78 Å². The fourth-order valence-electron chi connectivity index (χ4n) is 1.90. The molecule has 0 N–H and O–H groups in total. The Hall–Kier alpha value is -1.57. The molecule has 1 aromatic rings.